The normalized spacial score (nSPS) is 10.5. The summed E-state index contributed by atoms with van der Waals surface area (Å²) in [7, 11) is 3.10. The molecule has 0 radical (unpaired) electrons. The number of carbonyl (C=O) groups is 2. The molecule has 3 aromatic carbocycles. The molecular weight excluding hydrogens is 462 g/mol. The van der Waals surface area contributed by atoms with Gasteiger partial charge in [-0.05, 0) is 60.1 Å². The fourth-order valence-corrected chi connectivity index (χ4v) is 3.50. The van der Waals surface area contributed by atoms with Crippen LogP contribution in [-0.4, -0.2) is 37.7 Å². The third-order valence-corrected chi connectivity index (χ3v) is 5.24. The van der Waals surface area contributed by atoms with Crippen molar-refractivity contribution in [3.05, 3.63) is 95.6 Å². The van der Waals surface area contributed by atoms with E-state index in [4.69, 9.17) is 21.7 Å². The number of thiocarbonyl (C=S) groups is 1. The molecule has 0 atom stereocenters. The molecule has 0 heterocycles. The molecule has 180 valence electrons. The van der Waals surface area contributed by atoms with Crippen molar-refractivity contribution in [2.24, 2.45) is 0 Å². The molecule has 3 N–H and O–H groups in total. The van der Waals surface area contributed by atoms with E-state index in [1.54, 1.807) is 62.8 Å². The van der Waals surface area contributed by atoms with E-state index in [1.165, 1.54) is 6.08 Å². The predicted octanol–water partition coefficient (Wildman–Crippen LogP) is 4.20. The third-order valence-electron chi connectivity index (χ3n) is 5.03. The van der Waals surface area contributed by atoms with Crippen molar-refractivity contribution in [1.82, 2.24) is 10.6 Å². The van der Waals surface area contributed by atoms with E-state index < -0.39 is 5.91 Å². The molecule has 0 bridgehead atoms. The van der Waals surface area contributed by atoms with Crippen LogP contribution in [0.3, 0.4) is 0 Å². The molecule has 7 nitrogen and oxygen atoms in total. The Labute approximate surface area is 210 Å². The maximum atomic E-state index is 12.7. The quantitative estimate of drug-likeness (QED) is 0.308. The Balaban J connectivity index is 1.55. The summed E-state index contributed by atoms with van der Waals surface area (Å²) in [5.74, 6) is 0.515. The largest absolute Gasteiger partial charge is 0.493 e. The minimum atomic E-state index is -0.415. The Hall–Kier alpha value is -4.17. The first-order chi connectivity index (χ1) is 17.0. The Morgan fingerprint density at radius 2 is 1.63 bits per heavy atom. The lowest BCUT2D eigenvalue weighted by Crippen LogP contribution is -2.34. The van der Waals surface area contributed by atoms with Gasteiger partial charge < -0.3 is 20.1 Å². The molecule has 3 rings (SSSR count). The van der Waals surface area contributed by atoms with Gasteiger partial charge in [-0.2, -0.15) is 0 Å². The fraction of sp³-hybridized carbons (Fsp3) is 0.148. The zero-order valence-electron chi connectivity index (χ0n) is 19.5. The second kappa shape index (κ2) is 12.9. The van der Waals surface area contributed by atoms with E-state index in [0.717, 1.165) is 17.5 Å². The average molecular weight is 490 g/mol. The fourth-order valence-electron chi connectivity index (χ4n) is 3.29. The summed E-state index contributed by atoms with van der Waals surface area (Å²) in [5.41, 5.74) is 2.83. The first kappa shape index (κ1) is 25.5. The molecular formula is C27H27N3O4S. The summed E-state index contributed by atoms with van der Waals surface area (Å²) in [6.45, 7) is 0.499. The van der Waals surface area contributed by atoms with Crippen LogP contribution in [0, 0.1) is 0 Å². The molecule has 0 aliphatic carbocycles. The molecule has 8 heteroatoms. The number of rotatable bonds is 9. The van der Waals surface area contributed by atoms with Gasteiger partial charge in [0.2, 0.25) is 5.91 Å². The highest BCUT2D eigenvalue weighted by atomic mass is 32.1. The van der Waals surface area contributed by atoms with Crippen molar-refractivity contribution in [2.45, 2.75) is 6.42 Å². The highest BCUT2D eigenvalue weighted by Gasteiger charge is 2.12. The maximum Gasteiger partial charge on any atom is 0.253 e. The van der Waals surface area contributed by atoms with E-state index in [9.17, 15) is 9.59 Å². The van der Waals surface area contributed by atoms with Crippen molar-refractivity contribution in [1.29, 1.82) is 0 Å². The second-order valence-corrected chi connectivity index (χ2v) is 7.84. The van der Waals surface area contributed by atoms with Gasteiger partial charge in [-0.25, -0.2) is 0 Å². The van der Waals surface area contributed by atoms with Gasteiger partial charge in [-0.1, -0.05) is 48.5 Å². The number of para-hydroxylation sites is 1. The molecule has 0 saturated heterocycles. The standard InChI is InChI=1S/C27H27N3O4S/c1-33-23-14-12-20(18-24(23)34-2)13-15-25(31)30-27(35)29-22-11-7-6-10-21(22)26(32)28-17-16-19-8-4-3-5-9-19/h3-15,18H,16-17H2,1-2H3,(H,28,32)(H2,29,30,31,35)/b15-13+. The molecule has 2 amide bonds. The number of carbonyl (C=O) groups excluding carboxylic acids is 2. The summed E-state index contributed by atoms with van der Waals surface area (Å²) in [6.07, 6.45) is 3.72. The van der Waals surface area contributed by atoms with Crippen molar-refractivity contribution in [3.8, 4) is 11.5 Å². The van der Waals surface area contributed by atoms with E-state index in [1.807, 2.05) is 30.3 Å². The number of amides is 2. The van der Waals surface area contributed by atoms with Gasteiger partial charge in [-0.15, -0.1) is 0 Å². The lowest BCUT2D eigenvalue weighted by atomic mass is 10.1. The average Bonchev–Trinajstić information content (AvgIpc) is 2.88. The van der Waals surface area contributed by atoms with Crippen LogP contribution in [0.1, 0.15) is 21.5 Å². The van der Waals surface area contributed by atoms with Gasteiger partial charge in [0.1, 0.15) is 0 Å². The van der Waals surface area contributed by atoms with E-state index in [-0.39, 0.29) is 11.0 Å². The number of ether oxygens (including phenoxy) is 2. The molecule has 3 aromatic rings. The first-order valence-electron chi connectivity index (χ1n) is 10.9. The van der Waals surface area contributed by atoms with Crippen LogP contribution in [0.15, 0.2) is 78.9 Å². The minimum Gasteiger partial charge on any atom is -0.493 e. The van der Waals surface area contributed by atoms with Crippen molar-refractivity contribution in [2.75, 3.05) is 26.1 Å². The summed E-state index contributed by atoms with van der Waals surface area (Å²) in [5, 5.41) is 8.52. The van der Waals surface area contributed by atoms with Crippen LogP contribution < -0.4 is 25.4 Å². The van der Waals surface area contributed by atoms with Crippen LogP contribution in [0.2, 0.25) is 0 Å². The zero-order valence-corrected chi connectivity index (χ0v) is 20.4. The SMILES string of the molecule is COc1ccc(/C=C/C(=O)NC(=S)Nc2ccccc2C(=O)NCCc2ccccc2)cc1OC. The van der Waals surface area contributed by atoms with E-state index in [2.05, 4.69) is 16.0 Å². The summed E-state index contributed by atoms with van der Waals surface area (Å²) >= 11 is 5.27. The lowest BCUT2D eigenvalue weighted by Gasteiger charge is -2.13. The smallest absolute Gasteiger partial charge is 0.253 e. The van der Waals surface area contributed by atoms with Crippen molar-refractivity contribution >= 4 is 40.9 Å². The van der Waals surface area contributed by atoms with Gasteiger partial charge in [0.15, 0.2) is 16.6 Å². The Morgan fingerprint density at radius 3 is 2.37 bits per heavy atom. The first-order valence-corrected chi connectivity index (χ1v) is 11.3. The molecule has 0 unspecified atom stereocenters. The molecule has 0 saturated carbocycles. The predicted molar refractivity (Wildman–Crippen MR) is 142 cm³/mol. The maximum absolute atomic E-state index is 12.7. The Morgan fingerprint density at radius 1 is 0.914 bits per heavy atom. The number of nitrogens with one attached hydrogen (secondary N) is 3. The highest BCUT2D eigenvalue weighted by Crippen LogP contribution is 2.27. The number of benzene rings is 3. The third kappa shape index (κ3) is 7.68. The van der Waals surface area contributed by atoms with Crippen LogP contribution in [0.4, 0.5) is 5.69 Å². The van der Waals surface area contributed by atoms with Crippen molar-refractivity contribution < 1.29 is 19.1 Å². The topological polar surface area (TPSA) is 88.7 Å². The van der Waals surface area contributed by atoms with E-state index >= 15 is 0 Å². The van der Waals surface area contributed by atoms with Crippen LogP contribution in [0.5, 0.6) is 11.5 Å². The minimum absolute atomic E-state index is 0.0801. The molecule has 0 aliphatic rings. The zero-order chi connectivity index (χ0) is 25.0. The van der Waals surface area contributed by atoms with Gasteiger partial charge in [0, 0.05) is 12.6 Å². The second-order valence-electron chi connectivity index (χ2n) is 7.43. The molecule has 0 spiro atoms. The Kier molecular flexibility index (Phi) is 9.39. The lowest BCUT2D eigenvalue weighted by molar-refractivity contribution is -0.115. The molecule has 0 aromatic heterocycles. The van der Waals surface area contributed by atoms with Crippen LogP contribution in [-0.2, 0) is 11.2 Å². The van der Waals surface area contributed by atoms with E-state index in [0.29, 0.717) is 29.3 Å². The van der Waals surface area contributed by atoms with Crippen LogP contribution >= 0.6 is 12.2 Å². The van der Waals surface area contributed by atoms with Crippen molar-refractivity contribution in [3.63, 3.8) is 0 Å². The number of methoxy groups -OCH3 is 2. The summed E-state index contributed by atoms with van der Waals surface area (Å²) < 4.78 is 10.5. The highest BCUT2D eigenvalue weighted by molar-refractivity contribution is 7.80. The number of anilines is 1. The van der Waals surface area contributed by atoms with Gasteiger partial charge in [0.25, 0.3) is 5.91 Å². The number of hydrogen-bond donors (Lipinski definition) is 3. The summed E-state index contributed by atoms with van der Waals surface area (Å²) in [4.78, 5) is 25.0. The molecule has 35 heavy (non-hydrogen) atoms. The number of hydrogen-bond acceptors (Lipinski definition) is 5. The van der Waals surface area contributed by atoms with Gasteiger partial charge in [-0.3, -0.25) is 14.9 Å². The molecule has 0 aliphatic heterocycles. The monoisotopic (exact) mass is 489 g/mol. The summed E-state index contributed by atoms with van der Waals surface area (Å²) in [6, 6.07) is 22.2. The molecule has 0 fully saturated rings. The van der Waals surface area contributed by atoms with Gasteiger partial charge in [0.05, 0.1) is 25.5 Å². The Bertz CT molecular complexity index is 1210. The van der Waals surface area contributed by atoms with Crippen LogP contribution in [0.25, 0.3) is 6.08 Å². The van der Waals surface area contributed by atoms with Gasteiger partial charge >= 0.3 is 0 Å².